The number of para-hydroxylation sites is 1. The van der Waals surface area contributed by atoms with Crippen molar-refractivity contribution in [2.75, 3.05) is 19.8 Å². The molecule has 3 aromatic rings. The Morgan fingerprint density at radius 3 is 2.74 bits per heavy atom. The minimum absolute atomic E-state index is 0.0175. The Labute approximate surface area is 203 Å². The maximum absolute atomic E-state index is 12.6. The van der Waals surface area contributed by atoms with E-state index in [1.807, 2.05) is 23.1 Å². The van der Waals surface area contributed by atoms with Crippen LogP contribution in [0.1, 0.15) is 42.9 Å². The van der Waals surface area contributed by atoms with Gasteiger partial charge in [0.25, 0.3) is 0 Å². The molecule has 3 saturated heterocycles. The average Bonchev–Trinajstić information content (AvgIpc) is 3.51. The van der Waals surface area contributed by atoms with Crippen LogP contribution in [0.4, 0.5) is 0 Å². The number of hydrogen-bond donors (Lipinski definition) is 2. The lowest BCUT2D eigenvalue weighted by atomic mass is 9.81. The van der Waals surface area contributed by atoms with Gasteiger partial charge in [0.2, 0.25) is 5.91 Å². The largest absolute Gasteiger partial charge is 0.507 e. The minimum Gasteiger partial charge on any atom is -0.507 e. The van der Waals surface area contributed by atoms with Gasteiger partial charge < -0.3 is 24.5 Å². The highest BCUT2D eigenvalue weighted by Gasteiger charge is 2.42. The SMILES string of the molecule is C=CC(=O)N1[C@@H]2COC[C@H]1CC(c1[nH]c3nnc(-c4ccccc4O)cc3c1C[C@H]1CCCO1)C2. The third-order valence-corrected chi connectivity index (χ3v) is 7.69. The number of hydrogen-bond acceptors (Lipinski definition) is 6. The van der Waals surface area contributed by atoms with Crippen molar-refractivity contribution < 1.29 is 19.4 Å². The van der Waals surface area contributed by atoms with E-state index >= 15 is 0 Å². The number of aromatic hydroxyl groups is 1. The third-order valence-electron chi connectivity index (χ3n) is 7.69. The van der Waals surface area contributed by atoms with E-state index in [9.17, 15) is 9.90 Å². The summed E-state index contributed by atoms with van der Waals surface area (Å²) in [7, 11) is 0. The second-order valence-corrected chi connectivity index (χ2v) is 9.83. The molecular weight excluding hydrogens is 444 g/mol. The molecule has 6 rings (SSSR count). The van der Waals surface area contributed by atoms with E-state index in [4.69, 9.17) is 9.47 Å². The first-order valence-corrected chi connectivity index (χ1v) is 12.4. The van der Waals surface area contributed by atoms with Crippen molar-refractivity contribution in [2.24, 2.45) is 0 Å². The molecule has 3 aliphatic heterocycles. The Hall–Kier alpha value is -3.23. The summed E-state index contributed by atoms with van der Waals surface area (Å²) in [5.74, 6) is 0.419. The van der Waals surface area contributed by atoms with Crippen LogP contribution in [0, 0.1) is 0 Å². The standard InChI is InChI=1S/C27H30N4O4/c1-2-25(33)31-17-10-16(11-18(31)15-34-14-17)26-21(12-19-6-5-9-35-19)22-13-23(29-30-27(22)28-26)20-7-3-4-8-24(20)32/h2-4,7-8,13,16-19,32H,1,5-6,9-12,14-15H2,(H,28,30)/t16?,17-,18+,19-/m1/s1. The van der Waals surface area contributed by atoms with Gasteiger partial charge in [0.15, 0.2) is 5.65 Å². The minimum atomic E-state index is -0.0175. The maximum atomic E-state index is 12.6. The number of ether oxygens (including phenoxy) is 2. The highest BCUT2D eigenvalue weighted by molar-refractivity contribution is 5.88. The summed E-state index contributed by atoms with van der Waals surface area (Å²) in [5, 5.41) is 20.3. The zero-order valence-corrected chi connectivity index (χ0v) is 19.7. The summed E-state index contributed by atoms with van der Waals surface area (Å²) < 4.78 is 11.8. The number of benzene rings is 1. The number of nitrogens with one attached hydrogen (secondary N) is 1. The van der Waals surface area contributed by atoms with Crippen LogP contribution in [0.2, 0.25) is 0 Å². The van der Waals surface area contributed by atoms with Crippen molar-refractivity contribution in [1.82, 2.24) is 20.1 Å². The van der Waals surface area contributed by atoms with Crippen LogP contribution in [0.3, 0.4) is 0 Å². The van der Waals surface area contributed by atoms with E-state index in [0.29, 0.717) is 24.5 Å². The fraction of sp³-hybridized carbons (Fsp3) is 0.444. The van der Waals surface area contributed by atoms with Gasteiger partial charge in [-0.05, 0) is 55.5 Å². The van der Waals surface area contributed by atoms with Gasteiger partial charge in [-0.3, -0.25) is 4.79 Å². The lowest BCUT2D eigenvalue weighted by Crippen LogP contribution is -2.58. The number of phenolic OH excluding ortho intramolecular Hbond substituents is 1. The number of H-pyrrole nitrogens is 1. The zero-order valence-electron chi connectivity index (χ0n) is 19.7. The Balaban J connectivity index is 1.41. The second kappa shape index (κ2) is 9.09. The Bertz CT molecular complexity index is 1250. The summed E-state index contributed by atoms with van der Waals surface area (Å²) in [4.78, 5) is 18.1. The van der Waals surface area contributed by atoms with Crippen LogP contribution < -0.4 is 0 Å². The van der Waals surface area contributed by atoms with Crippen LogP contribution in [0.5, 0.6) is 5.75 Å². The second-order valence-electron chi connectivity index (χ2n) is 9.83. The molecule has 3 fully saturated rings. The van der Waals surface area contributed by atoms with Gasteiger partial charge in [-0.2, -0.15) is 0 Å². The number of carbonyl (C=O) groups excluding carboxylic acids is 1. The van der Waals surface area contributed by atoms with Crippen LogP contribution >= 0.6 is 0 Å². The monoisotopic (exact) mass is 474 g/mol. The summed E-state index contributed by atoms with van der Waals surface area (Å²) in [6, 6.07) is 9.29. The van der Waals surface area contributed by atoms with Crippen molar-refractivity contribution in [2.45, 2.75) is 56.2 Å². The van der Waals surface area contributed by atoms with Crippen LogP contribution in [-0.4, -0.2) is 69.1 Å². The molecule has 2 aromatic heterocycles. The first-order chi connectivity index (χ1) is 17.1. The van der Waals surface area contributed by atoms with Gasteiger partial charge in [-0.25, -0.2) is 0 Å². The summed E-state index contributed by atoms with van der Waals surface area (Å²) >= 11 is 0. The number of aromatic nitrogens is 3. The van der Waals surface area contributed by atoms with Crippen LogP contribution in [0.25, 0.3) is 22.3 Å². The molecule has 5 heterocycles. The number of fused-ring (bicyclic) bond motifs is 3. The number of morpholine rings is 1. The average molecular weight is 475 g/mol. The summed E-state index contributed by atoms with van der Waals surface area (Å²) in [6.45, 7) is 5.59. The van der Waals surface area contributed by atoms with E-state index in [1.165, 1.54) is 17.3 Å². The Kier molecular flexibility index (Phi) is 5.78. The number of phenols is 1. The van der Waals surface area contributed by atoms with E-state index < -0.39 is 0 Å². The van der Waals surface area contributed by atoms with Gasteiger partial charge in [0.05, 0.1) is 37.1 Å². The molecule has 0 aliphatic carbocycles. The van der Waals surface area contributed by atoms with E-state index in [1.54, 1.807) is 12.1 Å². The van der Waals surface area contributed by atoms with Crippen molar-refractivity contribution in [3.05, 3.63) is 54.2 Å². The predicted octanol–water partition coefficient (Wildman–Crippen LogP) is 3.71. The predicted molar refractivity (Wildman–Crippen MR) is 131 cm³/mol. The maximum Gasteiger partial charge on any atom is 0.246 e. The lowest BCUT2D eigenvalue weighted by molar-refractivity contribution is -0.146. The van der Waals surface area contributed by atoms with Gasteiger partial charge in [0, 0.05) is 35.6 Å². The smallest absolute Gasteiger partial charge is 0.246 e. The molecular formula is C27H30N4O4. The first-order valence-electron chi connectivity index (χ1n) is 12.4. The zero-order chi connectivity index (χ0) is 23.9. The molecule has 1 amide bonds. The molecule has 2 N–H and O–H groups in total. The topological polar surface area (TPSA) is 101 Å². The molecule has 0 spiro atoms. The van der Waals surface area contributed by atoms with Crippen molar-refractivity contribution in [3.63, 3.8) is 0 Å². The lowest BCUT2D eigenvalue weighted by Gasteiger charge is -2.48. The number of aromatic amines is 1. The van der Waals surface area contributed by atoms with Gasteiger partial charge in [-0.1, -0.05) is 18.7 Å². The number of rotatable bonds is 5. The molecule has 0 radical (unpaired) electrons. The molecule has 3 aliphatic rings. The molecule has 2 bridgehead atoms. The fourth-order valence-electron chi connectivity index (χ4n) is 6.10. The molecule has 1 unspecified atom stereocenters. The van der Waals surface area contributed by atoms with Gasteiger partial charge in [-0.15, -0.1) is 10.2 Å². The molecule has 0 saturated carbocycles. The number of piperidine rings is 1. The molecule has 4 atom stereocenters. The van der Waals surface area contributed by atoms with Crippen molar-refractivity contribution in [3.8, 4) is 17.0 Å². The Morgan fingerprint density at radius 1 is 1.23 bits per heavy atom. The highest BCUT2D eigenvalue weighted by Crippen LogP contribution is 2.41. The van der Waals surface area contributed by atoms with Crippen LogP contribution in [-0.2, 0) is 20.7 Å². The van der Waals surface area contributed by atoms with Gasteiger partial charge in [0.1, 0.15) is 5.75 Å². The molecule has 1 aromatic carbocycles. The highest BCUT2D eigenvalue weighted by atomic mass is 16.5. The Morgan fingerprint density at radius 2 is 2.03 bits per heavy atom. The molecule has 182 valence electrons. The quantitative estimate of drug-likeness (QED) is 0.547. The summed E-state index contributed by atoms with van der Waals surface area (Å²) in [5.41, 5.74) is 4.44. The normalized spacial score (nSPS) is 26.2. The van der Waals surface area contributed by atoms with Crippen molar-refractivity contribution in [1.29, 1.82) is 0 Å². The number of nitrogens with zero attached hydrogens (tertiary/aromatic N) is 3. The van der Waals surface area contributed by atoms with Gasteiger partial charge >= 0.3 is 0 Å². The first kappa shape index (κ1) is 22.2. The van der Waals surface area contributed by atoms with E-state index in [-0.39, 0.29) is 35.8 Å². The summed E-state index contributed by atoms with van der Waals surface area (Å²) in [6.07, 6.45) is 6.16. The van der Waals surface area contributed by atoms with E-state index in [2.05, 4.69) is 21.8 Å². The number of carbonyl (C=O) groups is 1. The fourth-order valence-corrected chi connectivity index (χ4v) is 6.10. The van der Waals surface area contributed by atoms with E-state index in [0.717, 1.165) is 49.7 Å². The molecule has 8 heteroatoms. The van der Waals surface area contributed by atoms with Crippen LogP contribution in [0.15, 0.2) is 43.0 Å². The molecule has 8 nitrogen and oxygen atoms in total. The third kappa shape index (κ3) is 4.00. The molecule has 35 heavy (non-hydrogen) atoms. The number of amides is 1. The van der Waals surface area contributed by atoms with Crippen molar-refractivity contribution >= 4 is 16.9 Å².